The Labute approximate surface area is 174 Å². The average molecular weight is 417 g/mol. The number of anilines is 2. The number of amides is 2. The number of quaternary nitrogens is 1. The number of rotatable bonds is 4. The van der Waals surface area contributed by atoms with Crippen LogP contribution >= 0.6 is 11.6 Å². The summed E-state index contributed by atoms with van der Waals surface area (Å²) in [5, 5.41) is 9.81. The van der Waals surface area contributed by atoms with Gasteiger partial charge in [0.25, 0.3) is 5.91 Å². The Morgan fingerprint density at radius 3 is 2.34 bits per heavy atom. The maximum Gasteiger partial charge on any atom is 0.292 e. The molecule has 0 radical (unpaired) electrons. The van der Waals surface area contributed by atoms with Crippen molar-refractivity contribution in [3.05, 3.63) is 47.5 Å². The zero-order chi connectivity index (χ0) is 20.5. The van der Waals surface area contributed by atoms with Crippen molar-refractivity contribution in [3.63, 3.8) is 0 Å². The van der Waals surface area contributed by atoms with Crippen molar-refractivity contribution in [2.75, 3.05) is 43.1 Å². The van der Waals surface area contributed by atoms with E-state index < -0.39 is 0 Å². The van der Waals surface area contributed by atoms with Crippen molar-refractivity contribution in [2.45, 2.75) is 12.5 Å². The van der Waals surface area contributed by atoms with Crippen LogP contribution in [0.2, 0.25) is 5.02 Å². The minimum absolute atomic E-state index is 0.177. The molecule has 0 saturated carbocycles. The van der Waals surface area contributed by atoms with E-state index in [0.717, 1.165) is 36.8 Å². The van der Waals surface area contributed by atoms with E-state index in [1.54, 1.807) is 30.3 Å². The third-order valence-corrected chi connectivity index (χ3v) is 5.95. The molecule has 2 aliphatic rings. The van der Waals surface area contributed by atoms with Gasteiger partial charge in [0.15, 0.2) is 6.04 Å². The maximum absolute atomic E-state index is 13.0. The molecule has 0 aromatic heterocycles. The average Bonchev–Trinajstić information content (AvgIpc) is 3.02. The number of hydrogen-bond acceptors (Lipinski definition) is 5. The van der Waals surface area contributed by atoms with Crippen molar-refractivity contribution in [1.82, 2.24) is 0 Å². The van der Waals surface area contributed by atoms with E-state index >= 15 is 0 Å². The molecule has 7 nitrogen and oxygen atoms in total. The van der Waals surface area contributed by atoms with Crippen LogP contribution in [-0.4, -0.2) is 56.3 Å². The highest BCUT2D eigenvalue weighted by molar-refractivity contribution is 6.32. The maximum atomic E-state index is 13.0. The summed E-state index contributed by atoms with van der Waals surface area (Å²) in [5.74, 6) is 0.368. The second-order valence-electron chi connectivity index (χ2n) is 7.30. The lowest BCUT2D eigenvalue weighted by atomic mass is 10.1. The van der Waals surface area contributed by atoms with Gasteiger partial charge in [0.2, 0.25) is 5.91 Å². The van der Waals surface area contributed by atoms with Crippen molar-refractivity contribution >= 4 is 34.8 Å². The molecule has 2 saturated heterocycles. The first kappa shape index (κ1) is 19.5. The van der Waals surface area contributed by atoms with Crippen LogP contribution in [0.4, 0.5) is 11.4 Å². The lowest BCUT2D eigenvalue weighted by molar-refractivity contribution is -0.915. The van der Waals surface area contributed by atoms with Gasteiger partial charge in [0.1, 0.15) is 11.5 Å². The predicted molar refractivity (Wildman–Crippen MR) is 110 cm³/mol. The summed E-state index contributed by atoms with van der Waals surface area (Å²) >= 11 is 6.17. The minimum atomic E-state index is -0.370. The van der Waals surface area contributed by atoms with Crippen LogP contribution < -0.4 is 19.4 Å². The van der Waals surface area contributed by atoms with Gasteiger partial charge >= 0.3 is 0 Å². The summed E-state index contributed by atoms with van der Waals surface area (Å²) in [5.41, 5.74) is 1.53. The van der Waals surface area contributed by atoms with Crippen LogP contribution in [0.15, 0.2) is 42.5 Å². The van der Waals surface area contributed by atoms with Crippen LogP contribution in [-0.2, 0) is 9.59 Å². The van der Waals surface area contributed by atoms with Gasteiger partial charge in [-0.3, -0.25) is 9.59 Å². The van der Waals surface area contributed by atoms with E-state index in [0.29, 0.717) is 16.5 Å². The first-order chi connectivity index (χ1) is 14.0. The monoisotopic (exact) mass is 416 g/mol. The second kappa shape index (κ2) is 7.93. The molecule has 2 aromatic rings. The van der Waals surface area contributed by atoms with E-state index in [1.807, 2.05) is 12.1 Å². The Balaban J connectivity index is 1.44. The van der Waals surface area contributed by atoms with Gasteiger partial charge in [-0.2, -0.15) is 0 Å². The summed E-state index contributed by atoms with van der Waals surface area (Å²) in [6.07, 6.45) is 0.205. The molecule has 0 bridgehead atoms. The molecule has 2 aliphatic heterocycles. The van der Waals surface area contributed by atoms with Crippen LogP contribution in [0.1, 0.15) is 6.42 Å². The number of nitrogens with zero attached hydrogens (tertiary/aromatic N) is 2. The minimum Gasteiger partial charge on any atom is -0.508 e. The Bertz CT molecular complexity index is 926. The number of piperazine rings is 1. The first-order valence-corrected chi connectivity index (χ1v) is 9.94. The van der Waals surface area contributed by atoms with Gasteiger partial charge in [-0.05, 0) is 42.5 Å². The highest BCUT2D eigenvalue weighted by Crippen LogP contribution is 2.31. The summed E-state index contributed by atoms with van der Waals surface area (Å²) in [4.78, 5) is 30.2. The molecule has 2 fully saturated rings. The number of carbonyl (C=O) groups excluding carboxylic acids is 2. The lowest BCUT2D eigenvalue weighted by Gasteiger charge is -2.35. The first-order valence-electron chi connectivity index (χ1n) is 9.57. The lowest BCUT2D eigenvalue weighted by Crippen LogP contribution is -3.19. The highest BCUT2D eigenvalue weighted by Gasteiger charge is 2.46. The zero-order valence-corrected chi connectivity index (χ0v) is 16.9. The number of carbonyl (C=O) groups is 2. The molecule has 2 N–H and O–H groups in total. The molecule has 2 amide bonds. The Kier molecular flexibility index (Phi) is 5.34. The molecular formula is C21H23ClN3O4+. The van der Waals surface area contributed by atoms with Gasteiger partial charge < -0.3 is 19.6 Å². The number of phenolic OH excluding ortho intramolecular Hbond substituents is 1. The van der Waals surface area contributed by atoms with E-state index in [4.69, 9.17) is 16.3 Å². The number of phenols is 1. The number of benzene rings is 2. The van der Waals surface area contributed by atoms with E-state index in [-0.39, 0.29) is 30.0 Å². The molecule has 4 rings (SSSR count). The predicted octanol–water partition coefficient (Wildman–Crippen LogP) is 1.09. The SMILES string of the molecule is COc1ccc(N2C(=O)C[C@H]([NH+]3CCN(c4ccc(O)cc4)CC3)C2=O)cc1Cl. The fourth-order valence-electron chi connectivity index (χ4n) is 4.08. The summed E-state index contributed by atoms with van der Waals surface area (Å²) in [7, 11) is 1.52. The summed E-state index contributed by atoms with van der Waals surface area (Å²) in [6.45, 7) is 3.10. The van der Waals surface area contributed by atoms with Gasteiger partial charge in [-0.15, -0.1) is 0 Å². The number of imide groups is 1. The molecule has 0 spiro atoms. The molecule has 0 unspecified atom stereocenters. The molecule has 8 heteroatoms. The number of hydrogen-bond donors (Lipinski definition) is 2. The van der Waals surface area contributed by atoms with Crippen molar-refractivity contribution in [3.8, 4) is 11.5 Å². The third-order valence-electron chi connectivity index (χ3n) is 5.65. The molecule has 2 heterocycles. The van der Waals surface area contributed by atoms with Crippen LogP contribution in [0.5, 0.6) is 11.5 Å². The number of methoxy groups -OCH3 is 1. The smallest absolute Gasteiger partial charge is 0.292 e. The third kappa shape index (κ3) is 3.75. The Morgan fingerprint density at radius 2 is 1.72 bits per heavy atom. The van der Waals surface area contributed by atoms with Gasteiger partial charge in [0.05, 0.1) is 50.4 Å². The molecule has 29 heavy (non-hydrogen) atoms. The highest BCUT2D eigenvalue weighted by atomic mass is 35.5. The molecule has 2 aromatic carbocycles. The van der Waals surface area contributed by atoms with Crippen LogP contribution in [0, 0.1) is 0 Å². The number of aromatic hydroxyl groups is 1. The van der Waals surface area contributed by atoms with Gasteiger partial charge in [-0.25, -0.2) is 4.90 Å². The Hall–Kier alpha value is -2.77. The number of ether oxygens (including phenoxy) is 1. The fraction of sp³-hybridized carbons (Fsp3) is 0.333. The van der Waals surface area contributed by atoms with Crippen LogP contribution in [0.3, 0.4) is 0 Å². The van der Waals surface area contributed by atoms with E-state index in [9.17, 15) is 14.7 Å². The molecule has 152 valence electrons. The number of nitrogens with one attached hydrogen (secondary N) is 1. The standard InChI is InChI=1S/C21H22ClN3O4/c1-29-19-7-4-15(12-17(19)22)25-20(27)13-18(21(25)28)24-10-8-23(9-11-24)14-2-5-16(26)6-3-14/h2-7,12,18,26H,8-11,13H2,1H3/p+1/t18-/m0/s1. The number of halogens is 1. The van der Waals surface area contributed by atoms with Crippen molar-refractivity contribution in [1.29, 1.82) is 0 Å². The van der Waals surface area contributed by atoms with Gasteiger partial charge in [-0.1, -0.05) is 11.6 Å². The zero-order valence-electron chi connectivity index (χ0n) is 16.1. The van der Waals surface area contributed by atoms with Gasteiger partial charge in [0, 0.05) is 5.69 Å². The normalized spacial score (nSPS) is 20.4. The second-order valence-corrected chi connectivity index (χ2v) is 7.71. The molecular weight excluding hydrogens is 394 g/mol. The summed E-state index contributed by atoms with van der Waals surface area (Å²) < 4.78 is 5.14. The van der Waals surface area contributed by atoms with Crippen molar-refractivity contribution < 1.29 is 24.3 Å². The van der Waals surface area contributed by atoms with Crippen LogP contribution in [0.25, 0.3) is 0 Å². The van der Waals surface area contributed by atoms with E-state index in [2.05, 4.69) is 4.90 Å². The summed E-state index contributed by atoms with van der Waals surface area (Å²) in [6, 6.07) is 11.7. The quantitative estimate of drug-likeness (QED) is 0.730. The fourth-order valence-corrected chi connectivity index (χ4v) is 4.33. The Morgan fingerprint density at radius 1 is 1.07 bits per heavy atom. The molecule has 1 atom stereocenters. The van der Waals surface area contributed by atoms with Crippen molar-refractivity contribution in [2.24, 2.45) is 0 Å². The topological polar surface area (TPSA) is 74.5 Å². The largest absolute Gasteiger partial charge is 0.508 e. The van der Waals surface area contributed by atoms with E-state index in [1.165, 1.54) is 12.0 Å². The molecule has 0 aliphatic carbocycles.